The molecule has 0 radical (unpaired) electrons. The van der Waals surface area contributed by atoms with E-state index in [-0.39, 0.29) is 5.75 Å². The normalized spacial score (nSPS) is 22.3. The molecular formula is C15H22F2N2O2. The molecule has 1 aromatic carbocycles. The van der Waals surface area contributed by atoms with Gasteiger partial charge in [0.05, 0.1) is 7.11 Å². The Morgan fingerprint density at radius 1 is 1.24 bits per heavy atom. The largest absolute Gasteiger partial charge is 0.493 e. The van der Waals surface area contributed by atoms with E-state index in [0.29, 0.717) is 24.4 Å². The summed E-state index contributed by atoms with van der Waals surface area (Å²) in [6.07, 6.45) is 4.16. The minimum absolute atomic E-state index is 0.0671. The summed E-state index contributed by atoms with van der Waals surface area (Å²) in [6, 6.07) is 5.83. The summed E-state index contributed by atoms with van der Waals surface area (Å²) in [5.41, 5.74) is 6.76. The summed E-state index contributed by atoms with van der Waals surface area (Å²) in [4.78, 5) is 0. The molecule has 0 heterocycles. The highest BCUT2D eigenvalue weighted by atomic mass is 19.3. The number of benzene rings is 1. The lowest BCUT2D eigenvalue weighted by atomic mass is 9.92. The quantitative estimate of drug-likeness (QED) is 0.848. The van der Waals surface area contributed by atoms with Crippen LogP contribution in [0.25, 0.3) is 0 Å². The Bertz CT molecular complexity index is 449. The number of methoxy groups -OCH3 is 1. The van der Waals surface area contributed by atoms with Crippen LogP contribution in [0, 0.1) is 0 Å². The van der Waals surface area contributed by atoms with Crippen LogP contribution in [0.2, 0.25) is 0 Å². The van der Waals surface area contributed by atoms with Crippen molar-refractivity contribution >= 4 is 0 Å². The second kappa shape index (κ2) is 7.56. The van der Waals surface area contributed by atoms with Crippen molar-refractivity contribution in [3.8, 4) is 11.5 Å². The minimum Gasteiger partial charge on any atom is -0.493 e. The Balaban J connectivity index is 1.93. The van der Waals surface area contributed by atoms with Crippen molar-refractivity contribution < 1.29 is 18.3 Å². The summed E-state index contributed by atoms with van der Waals surface area (Å²) in [5.74, 6) is 0.375. The zero-order chi connectivity index (χ0) is 15.2. The second-order valence-corrected chi connectivity index (χ2v) is 5.36. The summed E-state index contributed by atoms with van der Waals surface area (Å²) >= 11 is 0. The molecule has 0 saturated heterocycles. The van der Waals surface area contributed by atoms with Crippen LogP contribution in [0.4, 0.5) is 8.78 Å². The van der Waals surface area contributed by atoms with Crippen molar-refractivity contribution in [2.45, 2.75) is 50.9 Å². The third kappa shape index (κ3) is 4.82. The number of nitrogens with two attached hydrogens (primary N) is 1. The minimum atomic E-state index is -2.86. The van der Waals surface area contributed by atoms with Gasteiger partial charge in [0.15, 0.2) is 11.5 Å². The molecule has 0 aliphatic heterocycles. The van der Waals surface area contributed by atoms with E-state index >= 15 is 0 Å². The summed E-state index contributed by atoms with van der Waals surface area (Å²) in [7, 11) is 1.43. The van der Waals surface area contributed by atoms with Crippen LogP contribution in [0.15, 0.2) is 18.2 Å². The third-order valence-corrected chi connectivity index (χ3v) is 3.81. The molecule has 0 aromatic heterocycles. The van der Waals surface area contributed by atoms with Gasteiger partial charge >= 0.3 is 6.61 Å². The van der Waals surface area contributed by atoms with Crippen LogP contribution in [-0.4, -0.2) is 25.8 Å². The first kappa shape index (κ1) is 16.0. The molecular weight excluding hydrogens is 278 g/mol. The fraction of sp³-hybridized carbons (Fsp3) is 0.600. The molecule has 118 valence electrons. The van der Waals surface area contributed by atoms with Gasteiger partial charge in [0.25, 0.3) is 0 Å². The van der Waals surface area contributed by atoms with Gasteiger partial charge in [-0.15, -0.1) is 0 Å². The zero-order valence-corrected chi connectivity index (χ0v) is 12.1. The van der Waals surface area contributed by atoms with Crippen molar-refractivity contribution in [3.05, 3.63) is 23.8 Å². The second-order valence-electron chi connectivity index (χ2n) is 5.36. The van der Waals surface area contributed by atoms with E-state index < -0.39 is 6.61 Å². The molecule has 6 heteroatoms. The average Bonchev–Trinajstić information content (AvgIpc) is 2.46. The topological polar surface area (TPSA) is 56.5 Å². The maximum atomic E-state index is 12.4. The number of halogens is 2. The van der Waals surface area contributed by atoms with Gasteiger partial charge in [-0.2, -0.15) is 8.78 Å². The number of hydrogen-bond donors (Lipinski definition) is 2. The molecule has 3 N–H and O–H groups in total. The van der Waals surface area contributed by atoms with E-state index in [4.69, 9.17) is 10.5 Å². The fourth-order valence-corrected chi connectivity index (χ4v) is 2.60. The maximum absolute atomic E-state index is 12.4. The molecule has 1 aliphatic rings. The van der Waals surface area contributed by atoms with Gasteiger partial charge < -0.3 is 20.5 Å². The van der Waals surface area contributed by atoms with Gasteiger partial charge in [-0.25, -0.2) is 0 Å². The number of ether oxygens (including phenoxy) is 2. The van der Waals surface area contributed by atoms with Crippen molar-refractivity contribution in [3.63, 3.8) is 0 Å². The van der Waals surface area contributed by atoms with Gasteiger partial charge in [-0.3, -0.25) is 0 Å². The van der Waals surface area contributed by atoms with Crippen LogP contribution >= 0.6 is 0 Å². The number of nitrogens with one attached hydrogen (secondary N) is 1. The molecule has 0 spiro atoms. The highest BCUT2D eigenvalue weighted by Gasteiger charge is 2.18. The van der Waals surface area contributed by atoms with Crippen LogP contribution in [0.5, 0.6) is 11.5 Å². The number of hydrogen-bond acceptors (Lipinski definition) is 4. The van der Waals surface area contributed by atoms with E-state index in [1.54, 1.807) is 12.1 Å². The van der Waals surface area contributed by atoms with Gasteiger partial charge in [0.1, 0.15) is 0 Å². The van der Waals surface area contributed by atoms with Gasteiger partial charge in [0.2, 0.25) is 0 Å². The summed E-state index contributed by atoms with van der Waals surface area (Å²) < 4.78 is 34.2. The van der Waals surface area contributed by atoms with Crippen LogP contribution < -0.4 is 20.5 Å². The molecule has 4 nitrogen and oxygen atoms in total. The molecule has 0 atom stereocenters. The van der Waals surface area contributed by atoms with Gasteiger partial charge in [-0.05, 0) is 43.4 Å². The first-order valence-corrected chi connectivity index (χ1v) is 7.19. The highest BCUT2D eigenvalue weighted by molar-refractivity contribution is 5.43. The van der Waals surface area contributed by atoms with E-state index in [0.717, 1.165) is 31.2 Å². The van der Waals surface area contributed by atoms with E-state index in [1.165, 1.54) is 7.11 Å². The Hall–Kier alpha value is -1.40. The predicted octanol–water partition coefficient (Wildman–Crippen LogP) is 2.66. The van der Waals surface area contributed by atoms with Crippen molar-refractivity contribution in [1.82, 2.24) is 5.32 Å². The molecule has 1 fully saturated rings. The summed E-state index contributed by atoms with van der Waals surface area (Å²) in [5, 5.41) is 3.44. The van der Waals surface area contributed by atoms with Crippen molar-refractivity contribution in [2.75, 3.05) is 7.11 Å². The Kier molecular flexibility index (Phi) is 5.76. The molecule has 0 unspecified atom stereocenters. The first-order valence-electron chi connectivity index (χ1n) is 7.19. The van der Waals surface area contributed by atoms with Crippen LogP contribution in [0.1, 0.15) is 31.2 Å². The van der Waals surface area contributed by atoms with Gasteiger partial charge in [0, 0.05) is 18.6 Å². The van der Waals surface area contributed by atoms with Crippen molar-refractivity contribution in [1.29, 1.82) is 0 Å². The fourth-order valence-electron chi connectivity index (χ4n) is 2.60. The smallest absolute Gasteiger partial charge is 0.387 e. The molecule has 1 aromatic rings. The number of alkyl halides is 2. The average molecular weight is 300 g/mol. The van der Waals surface area contributed by atoms with Gasteiger partial charge in [-0.1, -0.05) is 6.07 Å². The predicted molar refractivity (Wildman–Crippen MR) is 76.7 cm³/mol. The lowest BCUT2D eigenvalue weighted by Crippen LogP contribution is -2.37. The molecule has 0 amide bonds. The lowest BCUT2D eigenvalue weighted by Gasteiger charge is -2.27. The maximum Gasteiger partial charge on any atom is 0.387 e. The van der Waals surface area contributed by atoms with E-state index in [1.807, 2.05) is 6.07 Å². The Morgan fingerprint density at radius 2 is 1.95 bits per heavy atom. The molecule has 2 rings (SSSR count). The molecule has 1 aliphatic carbocycles. The Labute approximate surface area is 123 Å². The molecule has 1 saturated carbocycles. The third-order valence-electron chi connectivity index (χ3n) is 3.81. The zero-order valence-electron chi connectivity index (χ0n) is 12.1. The SMILES string of the molecule is COc1ccc(CNC2CCC(N)CC2)cc1OC(F)F. The van der Waals surface area contributed by atoms with Crippen LogP contribution in [0.3, 0.4) is 0 Å². The van der Waals surface area contributed by atoms with Crippen molar-refractivity contribution in [2.24, 2.45) is 5.73 Å². The van der Waals surface area contributed by atoms with Crippen LogP contribution in [-0.2, 0) is 6.54 Å². The number of rotatable bonds is 6. The Morgan fingerprint density at radius 3 is 2.57 bits per heavy atom. The highest BCUT2D eigenvalue weighted by Crippen LogP contribution is 2.29. The molecule has 21 heavy (non-hydrogen) atoms. The summed E-state index contributed by atoms with van der Waals surface area (Å²) in [6.45, 7) is -2.24. The lowest BCUT2D eigenvalue weighted by molar-refractivity contribution is -0.0512. The first-order chi connectivity index (χ1) is 10.1. The molecule has 0 bridgehead atoms. The van der Waals surface area contributed by atoms with E-state index in [2.05, 4.69) is 10.1 Å². The monoisotopic (exact) mass is 300 g/mol. The van der Waals surface area contributed by atoms with E-state index in [9.17, 15) is 8.78 Å². The standard InChI is InChI=1S/C15H22F2N2O2/c1-20-13-7-2-10(8-14(13)21-15(16)17)9-19-12-5-3-11(18)4-6-12/h2,7-8,11-12,15,19H,3-6,9,18H2,1H3.